The molecular weight excluding hydrogens is 72.1 g/mol. The van der Waals surface area contributed by atoms with Gasteiger partial charge in [-0.2, -0.15) is 0 Å². The van der Waals surface area contributed by atoms with Gasteiger partial charge >= 0.3 is 0 Å². The summed E-state index contributed by atoms with van der Waals surface area (Å²) in [4.78, 5) is 0. The number of hydrogen-bond acceptors (Lipinski definition) is 0. The topological polar surface area (TPSA) is 0 Å². The highest BCUT2D eigenvalue weighted by atomic mass is 13.7. The molecule has 0 saturated carbocycles. The third kappa shape index (κ3) is 3.48. The van der Waals surface area contributed by atoms with E-state index in [2.05, 4.69) is 0 Å². The molecule has 0 atom stereocenters. The van der Waals surface area contributed by atoms with E-state index in [4.69, 9.17) is 6.58 Å². The quantitative estimate of drug-likeness (QED) is 0.421. The second kappa shape index (κ2) is 2.70. The maximum Gasteiger partial charge on any atom is -0.00642 e. The van der Waals surface area contributed by atoms with Crippen LogP contribution in [0.3, 0.4) is 0 Å². The number of hydrogen-bond donors (Lipinski definition) is 0. The van der Waals surface area contributed by atoms with Gasteiger partial charge in [0.1, 0.15) is 0 Å². The second-order valence-electron chi connectivity index (χ2n) is 1.18. The van der Waals surface area contributed by atoms with E-state index in [0.29, 0.717) is 5.57 Å². The largest absolute Gasteiger partial charge is 0.0874 e. The summed E-state index contributed by atoms with van der Waals surface area (Å²) in [7, 11) is 0. The van der Waals surface area contributed by atoms with Crippen molar-refractivity contribution in [2.24, 2.45) is 0 Å². The lowest BCUT2D eigenvalue weighted by molar-refractivity contribution is 1.52. The second-order valence-corrected chi connectivity index (χ2v) is 1.18. The fraction of sp³-hybridized carbons (Fsp3) is 0.333. The van der Waals surface area contributed by atoms with E-state index in [-0.39, 0.29) is 0 Å². The van der Waals surface area contributed by atoms with Crippen molar-refractivity contribution in [2.45, 2.75) is 13.8 Å². The summed E-state index contributed by atoms with van der Waals surface area (Å²) in [5.74, 6) is 0. The van der Waals surface area contributed by atoms with Crippen LogP contribution in [0.5, 0.6) is 0 Å². The van der Waals surface area contributed by atoms with Crippen LogP contribution in [0.4, 0.5) is 0 Å². The number of allylic oxidation sites excluding steroid dienone is 3. The van der Waals surface area contributed by atoms with Crippen molar-refractivity contribution in [1.82, 2.24) is 0 Å². The highest BCUT2D eigenvalue weighted by molar-refractivity contribution is 5.07. The van der Waals surface area contributed by atoms with Crippen LogP contribution in [0.2, 0.25) is 0 Å². The molecule has 0 aliphatic heterocycles. The van der Waals surface area contributed by atoms with Gasteiger partial charge in [0.15, 0.2) is 0 Å². The molecule has 0 aliphatic rings. The van der Waals surface area contributed by atoms with Gasteiger partial charge in [-0.3, -0.25) is 0 Å². The Bertz CT molecular complexity index is 68.1. The molecule has 0 saturated heterocycles. The Kier molecular flexibility index (Phi) is 2.47. The SMILES string of the molecule is [C]=C(C)/C=C/C. The van der Waals surface area contributed by atoms with Crippen molar-refractivity contribution in [3.05, 3.63) is 24.3 Å². The van der Waals surface area contributed by atoms with Crippen LogP contribution in [0.25, 0.3) is 0 Å². The minimum atomic E-state index is 0.609. The van der Waals surface area contributed by atoms with Gasteiger partial charge in [-0.1, -0.05) is 12.2 Å². The molecule has 0 N–H and O–H groups in total. The molecule has 0 nitrogen and oxygen atoms in total. The van der Waals surface area contributed by atoms with Crippen LogP contribution in [-0.2, 0) is 0 Å². The molecule has 0 aromatic rings. The zero-order valence-electron chi connectivity index (χ0n) is 4.15. The molecule has 0 bridgehead atoms. The fourth-order valence-electron chi connectivity index (χ4n) is 0.250. The molecule has 32 valence electrons. The summed E-state index contributed by atoms with van der Waals surface area (Å²) in [6, 6.07) is 0. The zero-order valence-corrected chi connectivity index (χ0v) is 4.15. The van der Waals surface area contributed by atoms with Gasteiger partial charge in [0.05, 0.1) is 0 Å². The highest BCUT2D eigenvalue weighted by Gasteiger charge is 1.65. The van der Waals surface area contributed by atoms with Crippen LogP contribution in [-0.4, -0.2) is 0 Å². The maximum atomic E-state index is 6.81. The Morgan fingerprint density at radius 3 is 2.17 bits per heavy atom. The van der Waals surface area contributed by atoms with Crippen molar-refractivity contribution >= 4 is 0 Å². The lowest BCUT2D eigenvalue weighted by Gasteiger charge is -1.74. The van der Waals surface area contributed by atoms with Crippen LogP contribution in [0.1, 0.15) is 13.8 Å². The minimum absolute atomic E-state index is 0.609. The van der Waals surface area contributed by atoms with E-state index in [1.807, 2.05) is 13.0 Å². The van der Waals surface area contributed by atoms with E-state index in [9.17, 15) is 0 Å². The summed E-state index contributed by atoms with van der Waals surface area (Å²) < 4.78 is 0. The van der Waals surface area contributed by atoms with Crippen LogP contribution in [0.15, 0.2) is 17.7 Å². The summed E-state index contributed by atoms with van der Waals surface area (Å²) in [6.45, 7) is 10.5. The highest BCUT2D eigenvalue weighted by Crippen LogP contribution is 1.84. The average Bonchev–Trinajstić information content (AvgIpc) is 1.35. The Labute approximate surface area is 39.2 Å². The molecule has 0 spiro atoms. The van der Waals surface area contributed by atoms with Crippen molar-refractivity contribution in [2.75, 3.05) is 0 Å². The van der Waals surface area contributed by atoms with Crippen molar-refractivity contribution in [3.63, 3.8) is 0 Å². The summed E-state index contributed by atoms with van der Waals surface area (Å²) in [5.41, 5.74) is 0.609. The maximum absolute atomic E-state index is 6.81. The fourth-order valence-corrected chi connectivity index (χ4v) is 0.250. The zero-order chi connectivity index (χ0) is 4.99. The van der Waals surface area contributed by atoms with Gasteiger partial charge in [-0.15, -0.1) is 0 Å². The first-order valence-electron chi connectivity index (χ1n) is 1.95. The van der Waals surface area contributed by atoms with Gasteiger partial charge in [0.25, 0.3) is 0 Å². The molecule has 2 radical (unpaired) electrons. The lowest BCUT2D eigenvalue weighted by atomic mass is 10.3. The normalized spacial score (nSPS) is 9.67. The molecule has 0 aliphatic carbocycles. The molecule has 0 rings (SSSR count). The van der Waals surface area contributed by atoms with Gasteiger partial charge < -0.3 is 0 Å². The van der Waals surface area contributed by atoms with E-state index >= 15 is 0 Å². The molecule has 0 amide bonds. The monoisotopic (exact) mass is 80.1 g/mol. The molecule has 0 unspecified atom stereocenters. The predicted molar refractivity (Wildman–Crippen MR) is 27.2 cm³/mol. The van der Waals surface area contributed by atoms with Crippen LogP contribution < -0.4 is 0 Å². The van der Waals surface area contributed by atoms with Crippen molar-refractivity contribution < 1.29 is 0 Å². The standard InChI is InChI=1S/C6H8/c1-4-5-6(2)3/h4-5H,1-2H3/b5-4+. The Morgan fingerprint density at radius 1 is 1.67 bits per heavy atom. The molecule has 0 heteroatoms. The van der Waals surface area contributed by atoms with E-state index in [0.717, 1.165) is 0 Å². The van der Waals surface area contributed by atoms with Gasteiger partial charge in [-0.05, 0) is 26.0 Å². The number of rotatable bonds is 1. The predicted octanol–water partition coefficient (Wildman–Crippen LogP) is 1.82. The average molecular weight is 80.1 g/mol. The van der Waals surface area contributed by atoms with Gasteiger partial charge in [0.2, 0.25) is 0 Å². The summed E-state index contributed by atoms with van der Waals surface area (Å²) in [5, 5.41) is 0. The first kappa shape index (κ1) is 5.48. The van der Waals surface area contributed by atoms with Gasteiger partial charge in [-0.25, -0.2) is 0 Å². The molecular formula is C6H8. The van der Waals surface area contributed by atoms with Gasteiger partial charge in [0, 0.05) is 0 Å². The minimum Gasteiger partial charge on any atom is -0.0874 e. The van der Waals surface area contributed by atoms with Crippen molar-refractivity contribution in [3.8, 4) is 0 Å². The van der Waals surface area contributed by atoms with Crippen molar-refractivity contribution in [1.29, 1.82) is 0 Å². The first-order valence-corrected chi connectivity index (χ1v) is 1.95. The molecule has 0 aromatic heterocycles. The molecule has 0 fully saturated rings. The molecule has 6 heavy (non-hydrogen) atoms. The van der Waals surface area contributed by atoms with Crippen LogP contribution in [0, 0.1) is 6.58 Å². The van der Waals surface area contributed by atoms with E-state index in [1.54, 1.807) is 13.0 Å². The summed E-state index contributed by atoms with van der Waals surface area (Å²) in [6.07, 6.45) is 3.60. The third-order valence-corrected chi connectivity index (χ3v) is 0.417. The smallest absolute Gasteiger partial charge is 0.00642 e. The lowest BCUT2D eigenvalue weighted by Crippen LogP contribution is -1.54. The summed E-state index contributed by atoms with van der Waals surface area (Å²) >= 11 is 0. The Hall–Kier alpha value is -0.520. The Balaban J connectivity index is 3.30. The molecule has 0 aromatic carbocycles. The third-order valence-electron chi connectivity index (χ3n) is 0.417. The van der Waals surface area contributed by atoms with Crippen LogP contribution >= 0.6 is 0 Å². The van der Waals surface area contributed by atoms with E-state index < -0.39 is 0 Å². The molecule has 0 heterocycles. The van der Waals surface area contributed by atoms with E-state index in [1.165, 1.54) is 0 Å². The Morgan fingerprint density at radius 2 is 2.17 bits per heavy atom. The first-order chi connectivity index (χ1) is 2.77.